The molecule has 1 aliphatic rings. The Bertz CT molecular complexity index is 520. The molecule has 1 fully saturated rings. The van der Waals surface area contributed by atoms with Crippen LogP contribution in [0.4, 0.5) is 0 Å². The van der Waals surface area contributed by atoms with Crippen LogP contribution in [0.5, 0.6) is 0 Å². The van der Waals surface area contributed by atoms with Crippen molar-refractivity contribution >= 4 is 45.6 Å². The second-order valence-electron chi connectivity index (χ2n) is 4.15. The number of thioether (sulfide) groups is 1. The fraction of sp³-hybridized carbons (Fsp3) is 0.333. The number of nitrogens with one attached hydrogen (secondary N) is 1. The zero-order chi connectivity index (χ0) is 13.9. The van der Waals surface area contributed by atoms with E-state index in [1.165, 1.54) is 23.9 Å². The van der Waals surface area contributed by atoms with Crippen LogP contribution >= 0.6 is 27.7 Å². The van der Waals surface area contributed by atoms with Crippen LogP contribution in [0.2, 0.25) is 0 Å². The molecule has 1 unspecified atom stereocenters. The maximum Gasteiger partial charge on any atom is 0.330 e. The highest BCUT2D eigenvalue weighted by Crippen LogP contribution is 2.28. The molecule has 2 N–H and O–H groups in total. The number of carboxylic acids is 1. The second kappa shape index (κ2) is 5.83. The molecule has 5 nitrogen and oxygen atoms in total. The Morgan fingerprint density at radius 1 is 1.53 bits per heavy atom. The summed E-state index contributed by atoms with van der Waals surface area (Å²) in [6.07, 6.45) is 3.22. The lowest BCUT2D eigenvalue weighted by molar-refractivity contribution is -0.145. The minimum Gasteiger partial charge on any atom is -0.479 e. The highest BCUT2D eigenvalue weighted by molar-refractivity contribution is 9.10. The van der Waals surface area contributed by atoms with Crippen LogP contribution in [0.3, 0.4) is 0 Å². The Morgan fingerprint density at radius 3 is 2.84 bits per heavy atom. The summed E-state index contributed by atoms with van der Waals surface area (Å²) in [5, 5.41) is 11.8. The van der Waals surface area contributed by atoms with E-state index in [9.17, 15) is 14.7 Å². The van der Waals surface area contributed by atoms with E-state index in [1.54, 1.807) is 12.1 Å². The van der Waals surface area contributed by atoms with Gasteiger partial charge in [-0.3, -0.25) is 4.79 Å². The van der Waals surface area contributed by atoms with Crippen molar-refractivity contribution in [3.05, 3.63) is 28.6 Å². The van der Waals surface area contributed by atoms with Crippen molar-refractivity contribution in [1.82, 2.24) is 5.32 Å². The molecule has 0 aromatic carbocycles. The van der Waals surface area contributed by atoms with Gasteiger partial charge in [-0.2, -0.15) is 11.8 Å². The first-order valence-electron chi connectivity index (χ1n) is 5.58. The number of carbonyl (C=O) groups excluding carboxylic acids is 1. The number of hydrogen-bond acceptors (Lipinski definition) is 4. The Kier molecular flexibility index (Phi) is 4.36. The van der Waals surface area contributed by atoms with Gasteiger partial charge in [0.05, 0.1) is 0 Å². The molecule has 1 aromatic rings. The van der Waals surface area contributed by atoms with Gasteiger partial charge in [-0.25, -0.2) is 4.79 Å². The van der Waals surface area contributed by atoms with Gasteiger partial charge in [0.2, 0.25) is 5.91 Å². The van der Waals surface area contributed by atoms with Gasteiger partial charge >= 0.3 is 5.97 Å². The number of amides is 1. The monoisotopic (exact) mass is 345 g/mol. The first-order valence-corrected chi connectivity index (χ1v) is 7.53. The van der Waals surface area contributed by atoms with E-state index >= 15 is 0 Å². The summed E-state index contributed by atoms with van der Waals surface area (Å²) >= 11 is 4.68. The summed E-state index contributed by atoms with van der Waals surface area (Å²) in [6, 6.07) is 3.41. The Balaban J connectivity index is 2.00. The van der Waals surface area contributed by atoms with Crippen LogP contribution in [0.15, 0.2) is 27.3 Å². The van der Waals surface area contributed by atoms with Crippen LogP contribution in [0.25, 0.3) is 6.08 Å². The molecule has 0 bridgehead atoms. The lowest BCUT2D eigenvalue weighted by Crippen LogP contribution is -2.54. The van der Waals surface area contributed by atoms with E-state index in [4.69, 9.17) is 4.42 Å². The summed E-state index contributed by atoms with van der Waals surface area (Å²) in [5.41, 5.74) is -1.14. The molecule has 1 amide bonds. The predicted molar refractivity (Wildman–Crippen MR) is 75.9 cm³/mol. The maximum absolute atomic E-state index is 11.8. The maximum atomic E-state index is 11.8. The van der Waals surface area contributed by atoms with Crippen molar-refractivity contribution < 1.29 is 19.1 Å². The molecule has 102 valence electrons. The first kappa shape index (κ1) is 14.2. The van der Waals surface area contributed by atoms with Gasteiger partial charge in [0.25, 0.3) is 0 Å². The van der Waals surface area contributed by atoms with Crippen LogP contribution < -0.4 is 5.32 Å². The number of aliphatic carboxylic acids is 1. The van der Waals surface area contributed by atoms with E-state index in [-0.39, 0.29) is 0 Å². The standard InChI is InChI=1S/C12H12BrNO4S/c13-9-3-1-8(18-9)2-4-10(15)14-12(11(16)17)5-6-19-7-12/h1-4H,5-7H2,(H,14,15)(H,16,17). The number of rotatable bonds is 4. The molecule has 2 rings (SSSR count). The van der Waals surface area contributed by atoms with Gasteiger partial charge in [-0.05, 0) is 46.3 Å². The molecule has 1 saturated heterocycles. The van der Waals surface area contributed by atoms with E-state index < -0.39 is 17.4 Å². The number of furan rings is 1. The fourth-order valence-electron chi connectivity index (χ4n) is 1.74. The molecule has 0 aliphatic carbocycles. The third kappa shape index (κ3) is 3.42. The van der Waals surface area contributed by atoms with Crippen LogP contribution in [-0.2, 0) is 9.59 Å². The highest BCUT2D eigenvalue weighted by Gasteiger charge is 2.42. The summed E-state index contributed by atoms with van der Waals surface area (Å²) < 4.78 is 5.78. The normalized spacial score (nSPS) is 22.8. The van der Waals surface area contributed by atoms with E-state index in [0.29, 0.717) is 22.6 Å². The van der Waals surface area contributed by atoms with Gasteiger partial charge in [0.15, 0.2) is 4.67 Å². The Morgan fingerprint density at radius 2 is 2.32 bits per heavy atom. The van der Waals surface area contributed by atoms with Crippen molar-refractivity contribution in [3.8, 4) is 0 Å². The van der Waals surface area contributed by atoms with Crippen molar-refractivity contribution in [2.24, 2.45) is 0 Å². The number of hydrogen-bond donors (Lipinski definition) is 2. The Labute approximate surface area is 122 Å². The summed E-state index contributed by atoms with van der Waals surface area (Å²) in [6.45, 7) is 0. The average Bonchev–Trinajstić information content (AvgIpc) is 2.97. The number of halogens is 1. The highest BCUT2D eigenvalue weighted by atomic mass is 79.9. The van der Waals surface area contributed by atoms with Gasteiger partial charge in [0, 0.05) is 11.8 Å². The first-order chi connectivity index (χ1) is 9.02. The smallest absolute Gasteiger partial charge is 0.330 e. The third-order valence-electron chi connectivity index (χ3n) is 2.79. The van der Waals surface area contributed by atoms with Crippen molar-refractivity contribution in [2.75, 3.05) is 11.5 Å². The van der Waals surface area contributed by atoms with Gasteiger partial charge in [-0.1, -0.05) is 0 Å². The molecule has 19 heavy (non-hydrogen) atoms. The third-order valence-corrected chi connectivity index (χ3v) is 4.40. The molecule has 1 aliphatic heterocycles. The lowest BCUT2D eigenvalue weighted by Gasteiger charge is -2.23. The minimum absolute atomic E-state index is 0.397. The van der Waals surface area contributed by atoms with Crippen LogP contribution in [-0.4, -0.2) is 34.0 Å². The van der Waals surface area contributed by atoms with Gasteiger partial charge in [0.1, 0.15) is 11.3 Å². The van der Waals surface area contributed by atoms with Crippen molar-refractivity contribution in [2.45, 2.75) is 12.0 Å². The van der Waals surface area contributed by atoms with E-state index in [0.717, 1.165) is 5.75 Å². The van der Waals surface area contributed by atoms with E-state index in [2.05, 4.69) is 21.2 Å². The SMILES string of the molecule is O=C(C=Cc1ccc(Br)o1)NC1(C(=O)O)CCSC1. The Hall–Kier alpha value is -1.21. The number of carbonyl (C=O) groups is 2. The molecule has 2 heterocycles. The lowest BCUT2D eigenvalue weighted by atomic mass is 9.99. The summed E-state index contributed by atoms with van der Waals surface area (Å²) in [7, 11) is 0. The molecule has 1 atom stereocenters. The fourth-order valence-corrected chi connectivity index (χ4v) is 3.38. The molecule has 0 saturated carbocycles. The predicted octanol–water partition coefficient (Wildman–Crippen LogP) is 2.13. The minimum atomic E-state index is -1.14. The van der Waals surface area contributed by atoms with Gasteiger partial charge < -0.3 is 14.8 Å². The molecule has 1 aromatic heterocycles. The quantitative estimate of drug-likeness (QED) is 0.817. The summed E-state index contributed by atoms with van der Waals surface area (Å²) in [5.74, 6) is 0.236. The molecule has 0 spiro atoms. The molecule has 0 radical (unpaired) electrons. The zero-order valence-electron chi connectivity index (χ0n) is 9.89. The van der Waals surface area contributed by atoms with Crippen LogP contribution in [0, 0.1) is 0 Å². The average molecular weight is 346 g/mol. The number of carboxylic acid groups (broad SMARTS) is 1. The zero-order valence-corrected chi connectivity index (χ0v) is 12.3. The topological polar surface area (TPSA) is 79.5 Å². The van der Waals surface area contributed by atoms with E-state index in [1.807, 2.05) is 0 Å². The largest absolute Gasteiger partial charge is 0.479 e. The molecule has 7 heteroatoms. The summed E-state index contributed by atoms with van der Waals surface area (Å²) in [4.78, 5) is 23.0. The van der Waals surface area contributed by atoms with Gasteiger partial charge in [-0.15, -0.1) is 0 Å². The molecular formula is C12H12BrNO4S. The van der Waals surface area contributed by atoms with Crippen LogP contribution in [0.1, 0.15) is 12.2 Å². The van der Waals surface area contributed by atoms with Crippen molar-refractivity contribution in [3.63, 3.8) is 0 Å². The second-order valence-corrected chi connectivity index (χ2v) is 6.04. The molecular weight excluding hydrogens is 334 g/mol. The van der Waals surface area contributed by atoms with Crippen molar-refractivity contribution in [1.29, 1.82) is 0 Å².